The largest absolute Gasteiger partial charge is 0.493 e. The number of amides is 1. The third-order valence-electron chi connectivity index (χ3n) is 4.03. The van der Waals surface area contributed by atoms with Crippen LogP contribution in [0.4, 0.5) is 5.69 Å². The summed E-state index contributed by atoms with van der Waals surface area (Å²) in [5, 5.41) is 2.76. The Hall–Kier alpha value is -3.28. The van der Waals surface area contributed by atoms with Crippen LogP contribution in [0, 0.1) is 0 Å². The van der Waals surface area contributed by atoms with Crippen LogP contribution in [0.25, 0.3) is 6.08 Å². The summed E-state index contributed by atoms with van der Waals surface area (Å²) in [5.41, 5.74) is 1.86. The van der Waals surface area contributed by atoms with Crippen LogP contribution in [0.3, 0.4) is 0 Å². The lowest BCUT2D eigenvalue weighted by atomic mass is 10.2. The average molecular weight is 397 g/mol. The molecular weight excluding hydrogens is 370 g/mol. The molecule has 1 N–H and O–H groups in total. The lowest BCUT2D eigenvalue weighted by Gasteiger charge is -2.09. The third-order valence-corrected chi connectivity index (χ3v) is 4.03. The topological polar surface area (TPSA) is 73.9 Å². The second-order valence-corrected chi connectivity index (χ2v) is 6.23. The van der Waals surface area contributed by atoms with Gasteiger partial charge in [-0.15, -0.1) is 0 Å². The molecule has 0 saturated carbocycles. The highest BCUT2D eigenvalue weighted by atomic mass is 16.5. The van der Waals surface area contributed by atoms with E-state index in [9.17, 15) is 9.59 Å². The summed E-state index contributed by atoms with van der Waals surface area (Å²) in [6.07, 6.45) is 4.93. The molecule has 0 radical (unpaired) electrons. The Morgan fingerprint density at radius 1 is 1.03 bits per heavy atom. The number of rotatable bonds is 10. The Bertz CT molecular complexity index is 843. The lowest BCUT2D eigenvalue weighted by Crippen LogP contribution is -2.09. The van der Waals surface area contributed by atoms with E-state index in [0.717, 1.165) is 18.4 Å². The molecule has 0 aromatic heterocycles. The van der Waals surface area contributed by atoms with Crippen LogP contribution in [0.5, 0.6) is 11.5 Å². The molecule has 2 aromatic carbocycles. The number of benzene rings is 2. The Balaban J connectivity index is 1.94. The highest BCUT2D eigenvalue weighted by Gasteiger charge is 2.07. The molecule has 29 heavy (non-hydrogen) atoms. The second-order valence-electron chi connectivity index (χ2n) is 6.23. The van der Waals surface area contributed by atoms with Gasteiger partial charge in [-0.25, -0.2) is 4.79 Å². The molecule has 0 aliphatic rings. The van der Waals surface area contributed by atoms with Crippen LogP contribution in [0.15, 0.2) is 48.5 Å². The van der Waals surface area contributed by atoms with Crippen LogP contribution in [-0.2, 0) is 9.53 Å². The van der Waals surface area contributed by atoms with Crippen LogP contribution in [0.2, 0.25) is 0 Å². The van der Waals surface area contributed by atoms with Crippen LogP contribution >= 0.6 is 0 Å². The number of carbonyl (C=O) groups excluding carboxylic acids is 2. The Kier molecular flexibility index (Phi) is 8.76. The van der Waals surface area contributed by atoms with Gasteiger partial charge in [0.15, 0.2) is 11.5 Å². The molecule has 0 aliphatic carbocycles. The molecule has 0 heterocycles. The lowest BCUT2D eigenvalue weighted by molar-refractivity contribution is -0.111. The maximum atomic E-state index is 12.2. The number of ether oxygens (including phenoxy) is 3. The second kappa shape index (κ2) is 11.5. The van der Waals surface area contributed by atoms with Crippen molar-refractivity contribution in [1.29, 1.82) is 0 Å². The van der Waals surface area contributed by atoms with Crippen molar-refractivity contribution >= 4 is 23.6 Å². The number of hydrogen-bond acceptors (Lipinski definition) is 5. The van der Waals surface area contributed by atoms with Gasteiger partial charge < -0.3 is 19.5 Å². The monoisotopic (exact) mass is 397 g/mol. The highest BCUT2D eigenvalue weighted by Crippen LogP contribution is 2.28. The molecule has 2 aromatic rings. The zero-order valence-corrected chi connectivity index (χ0v) is 17.1. The van der Waals surface area contributed by atoms with Gasteiger partial charge in [-0.05, 0) is 61.4 Å². The summed E-state index contributed by atoms with van der Waals surface area (Å²) in [5.74, 6) is 0.623. The fourth-order valence-corrected chi connectivity index (χ4v) is 2.50. The molecule has 154 valence electrons. The number of unbranched alkanes of at least 4 members (excludes halogenated alkanes) is 1. The summed E-state index contributed by atoms with van der Waals surface area (Å²) < 4.78 is 15.9. The molecular formula is C23H27NO5. The molecule has 0 bridgehead atoms. The van der Waals surface area contributed by atoms with Gasteiger partial charge in [-0.1, -0.05) is 19.4 Å². The van der Waals surface area contributed by atoms with Gasteiger partial charge in [-0.3, -0.25) is 4.79 Å². The van der Waals surface area contributed by atoms with E-state index in [0.29, 0.717) is 36.0 Å². The maximum Gasteiger partial charge on any atom is 0.338 e. The number of nitrogens with one attached hydrogen (secondary N) is 1. The smallest absolute Gasteiger partial charge is 0.338 e. The first kappa shape index (κ1) is 22.0. The fraction of sp³-hybridized carbons (Fsp3) is 0.304. The van der Waals surface area contributed by atoms with Crippen molar-refractivity contribution < 1.29 is 23.8 Å². The molecule has 0 spiro atoms. The summed E-state index contributed by atoms with van der Waals surface area (Å²) in [4.78, 5) is 24.0. The first-order chi connectivity index (χ1) is 14.1. The van der Waals surface area contributed by atoms with Gasteiger partial charge in [0.1, 0.15) is 0 Å². The molecule has 0 fully saturated rings. The van der Waals surface area contributed by atoms with E-state index in [1.807, 2.05) is 19.9 Å². The molecule has 6 heteroatoms. The first-order valence-corrected chi connectivity index (χ1v) is 9.64. The molecule has 0 aliphatic heterocycles. The SMILES string of the molecule is CCCCOC(=O)c1ccc(NC(=O)C=Cc2ccc(OCC)c(OC)c2)cc1. The van der Waals surface area contributed by atoms with Crippen LogP contribution in [-0.4, -0.2) is 32.2 Å². The van der Waals surface area contributed by atoms with E-state index in [2.05, 4.69) is 5.32 Å². The van der Waals surface area contributed by atoms with Crippen molar-refractivity contribution in [2.24, 2.45) is 0 Å². The number of methoxy groups -OCH3 is 1. The average Bonchev–Trinajstić information content (AvgIpc) is 2.73. The van der Waals surface area contributed by atoms with E-state index in [1.165, 1.54) is 6.08 Å². The molecule has 6 nitrogen and oxygen atoms in total. The zero-order chi connectivity index (χ0) is 21.1. The standard InChI is InChI=1S/C23H27NO5/c1-4-6-15-29-23(26)18-9-11-19(12-10-18)24-22(25)14-8-17-7-13-20(28-5-2)21(16-17)27-3/h7-14,16H,4-6,15H2,1-3H3,(H,24,25). The minimum Gasteiger partial charge on any atom is -0.493 e. The number of carbonyl (C=O) groups is 2. The van der Waals surface area contributed by atoms with Gasteiger partial charge in [0.25, 0.3) is 0 Å². The Morgan fingerprint density at radius 3 is 2.45 bits per heavy atom. The maximum absolute atomic E-state index is 12.2. The van der Waals surface area contributed by atoms with Crippen LogP contribution < -0.4 is 14.8 Å². The number of esters is 1. The van der Waals surface area contributed by atoms with Crippen molar-refractivity contribution in [2.45, 2.75) is 26.7 Å². The van der Waals surface area contributed by atoms with Crippen molar-refractivity contribution in [1.82, 2.24) is 0 Å². The fourth-order valence-electron chi connectivity index (χ4n) is 2.50. The van der Waals surface area contributed by atoms with Crippen molar-refractivity contribution in [3.8, 4) is 11.5 Å². The Labute approximate surface area is 171 Å². The van der Waals surface area contributed by atoms with Crippen molar-refractivity contribution in [2.75, 3.05) is 25.6 Å². The van der Waals surface area contributed by atoms with Crippen LogP contribution in [0.1, 0.15) is 42.6 Å². The number of hydrogen-bond donors (Lipinski definition) is 1. The zero-order valence-electron chi connectivity index (χ0n) is 17.1. The van der Waals surface area contributed by atoms with E-state index >= 15 is 0 Å². The number of anilines is 1. The van der Waals surface area contributed by atoms with Gasteiger partial charge in [-0.2, -0.15) is 0 Å². The third kappa shape index (κ3) is 6.99. The van der Waals surface area contributed by atoms with E-state index in [-0.39, 0.29) is 11.9 Å². The molecule has 0 atom stereocenters. The minimum absolute atomic E-state index is 0.281. The van der Waals surface area contributed by atoms with Gasteiger partial charge in [0.05, 0.1) is 25.9 Å². The molecule has 1 amide bonds. The normalized spacial score (nSPS) is 10.6. The summed E-state index contributed by atoms with van der Waals surface area (Å²) in [6.45, 7) is 4.89. The first-order valence-electron chi connectivity index (χ1n) is 9.64. The van der Waals surface area contributed by atoms with E-state index in [1.54, 1.807) is 49.6 Å². The summed E-state index contributed by atoms with van der Waals surface area (Å²) >= 11 is 0. The van der Waals surface area contributed by atoms with E-state index < -0.39 is 0 Å². The summed E-state index contributed by atoms with van der Waals surface area (Å²) in [6, 6.07) is 12.0. The molecule has 2 rings (SSSR count). The van der Waals surface area contributed by atoms with Crippen molar-refractivity contribution in [3.05, 3.63) is 59.7 Å². The van der Waals surface area contributed by atoms with Gasteiger partial charge >= 0.3 is 5.97 Å². The predicted octanol–water partition coefficient (Wildman–Crippen LogP) is 4.70. The molecule has 0 saturated heterocycles. The minimum atomic E-state index is -0.360. The Morgan fingerprint density at radius 2 is 1.79 bits per heavy atom. The van der Waals surface area contributed by atoms with Gasteiger partial charge in [0, 0.05) is 11.8 Å². The molecule has 0 unspecified atom stereocenters. The van der Waals surface area contributed by atoms with Gasteiger partial charge in [0.2, 0.25) is 5.91 Å². The predicted molar refractivity (Wildman–Crippen MR) is 113 cm³/mol. The van der Waals surface area contributed by atoms with Crippen molar-refractivity contribution in [3.63, 3.8) is 0 Å². The summed E-state index contributed by atoms with van der Waals surface area (Å²) in [7, 11) is 1.57. The highest BCUT2D eigenvalue weighted by molar-refractivity contribution is 6.02. The van der Waals surface area contributed by atoms with E-state index in [4.69, 9.17) is 14.2 Å². The quantitative estimate of drug-likeness (QED) is 0.357.